The van der Waals surface area contributed by atoms with Gasteiger partial charge >= 0.3 is 0 Å². The molecular formula is C12H17FO3. The SMILES string of the molecule is CC(C)c1cc(CO)c(OCCO)cc1F. The maximum atomic E-state index is 13.6. The van der Waals surface area contributed by atoms with E-state index in [0.717, 1.165) is 0 Å². The van der Waals surface area contributed by atoms with Crippen LogP contribution in [-0.4, -0.2) is 23.4 Å². The van der Waals surface area contributed by atoms with Crippen molar-refractivity contribution in [2.45, 2.75) is 26.4 Å². The van der Waals surface area contributed by atoms with Gasteiger partial charge in [0.25, 0.3) is 0 Å². The molecule has 3 nitrogen and oxygen atoms in total. The predicted octanol–water partition coefficient (Wildman–Crippen LogP) is 1.81. The fraction of sp³-hybridized carbons (Fsp3) is 0.500. The lowest BCUT2D eigenvalue weighted by atomic mass is 9.99. The van der Waals surface area contributed by atoms with Crippen LogP contribution >= 0.6 is 0 Å². The fourth-order valence-corrected chi connectivity index (χ4v) is 1.47. The quantitative estimate of drug-likeness (QED) is 0.808. The van der Waals surface area contributed by atoms with Gasteiger partial charge in [-0.25, -0.2) is 4.39 Å². The van der Waals surface area contributed by atoms with E-state index in [-0.39, 0.29) is 31.6 Å². The number of halogens is 1. The van der Waals surface area contributed by atoms with E-state index in [1.54, 1.807) is 6.07 Å². The summed E-state index contributed by atoms with van der Waals surface area (Å²) < 4.78 is 18.8. The summed E-state index contributed by atoms with van der Waals surface area (Å²) in [4.78, 5) is 0. The first-order valence-corrected chi connectivity index (χ1v) is 5.27. The standard InChI is InChI=1S/C12H17FO3/c1-8(2)10-5-9(7-15)12(6-11(10)13)16-4-3-14/h5-6,8,14-15H,3-4,7H2,1-2H3. The third-order valence-electron chi connectivity index (χ3n) is 2.32. The van der Waals surface area contributed by atoms with Gasteiger partial charge in [0.05, 0.1) is 13.2 Å². The zero-order valence-corrected chi connectivity index (χ0v) is 9.53. The number of hydrogen-bond donors (Lipinski definition) is 2. The Kier molecular flexibility index (Phi) is 4.71. The van der Waals surface area contributed by atoms with Crippen LogP contribution in [0.3, 0.4) is 0 Å². The van der Waals surface area contributed by atoms with E-state index in [9.17, 15) is 4.39 Å². The molecule has 1 aromatic rings. The minimum absolute atomic E-state index is 0.0530. The molecule has 16 heavy (non-hydrogen) atoms. The Balaban J connectivity index is 3.05. The molecular weight excluding hydrogens is 211 g/mol. The highest BCUT2D eigenvalue weighted by atomic mass is 19.1. The minimum atomic E-state index is -0.347. The molecule has 0 radical (unpaired) electrons. The van der Waals surface area contributed by atoms with Crippen LogP contribution in [0.2, 0.25) is 0 Å². The van der Waals surface area contributed by atoms with Crippen molar-refractivity contribution >= 4 is 0 Å². The lowest BCUT2D eigenvalue weighted by Gasteiger charge is -2.14. The molecule has 0 saturated heterocycles. The number of ether oxygens (including phenoxy) is 1. The number of hydrogen-bond acceptors (Lipinski definition) is 3. The molecule has 1 rings (SSSR count). The van der Waals surface area contributed by atoms with Crippen LogP contribution in [0, 0.1) is 5.82 Å². The van der Waals surface area contributed by atoms with Gasteiger partial charge in [-0.1, -0.05) is 13.8 Å². The second-order valence-corrected chi connectivity index (χ2v) is 3.87. The zero-order chi connectivity index (χ0) is 12.1. The molecule has 0 aliphatic heterocycles. The van der Waals surface area contributed by atoms with Gasteiger partial charge in [0.15, 0.2) is 0 Å². The van der Waals surface area contributed by atoms with Gasteiger partial charge in [-0.15, -0.1) is 0 Å². The van der Waals surface area contributed by atoms with Crippen LogP contribution in [0.4, 0.5) is 4.39 Å². The molecule has 0 unspecified atom stereocenters. The molecule has 0 aromatic heterocycles. The molecule has 0 atom stereocenters. The first kappa shape index (κ1) is 12.9. The predicted molar refractivity (Wildman–Crippen MR) is 59.0 cm³/mol. The summed E-state index contributed by atoms with van der Waals surface area (Å²) in [7, 11) is 0. The van der Waals surface area contributed by atoms with Gasteiger partial charge in [0, 0.05) is 11.6 Å². The van der Waals surface area contributed by atoms with E-state index < -0.39 is 0 Å². The van der Waals surface area contributed by atoms with Crippen molar-refractivity contribution in [3.8, 4) is 5.75 Å². The topological polar surface area (TPSA) is 49.7 Å². The van der Waals surface area contributed by atoms with Gasteiger partial charge in [0.2, 0.25) is 0 Å². The molecule has 0 heterocycles. The van der Waals surface area contributed by atoms with E-state index in [2.05, 4.69) is 0 Å². The van der Waals surface area contributed by atoms with Gasteiger partial charge in [-0.05, 0) is 17.5 Å². The van der Waals surface area contributed by atoms with Crippen LogP contribution in [0.5, 0.6) is 5.75 Å². The molecule has 0 fully saturated rings. The summed E-state index contributed by atoms with van der Waals surface area (Å²) in [5, 5.41) is 17.8. The van der Waals surface area contributed by atoms with Crippen molar-refractivity contribution in [3.05, 3.63) is 29.1 Å². The average molecular weight is 228 g/mol. The minimum Gasteiger partial charge on any atom is -0.491 e. The van der Waals surface area contributed by atoms with Crippen LogP contribution in [0.25, 0.3) is 0 Å². The third-order valence-corrected chi connectivity index (χ3v) is 2.32. The first-order chi connectivity index (χ1) is 7.60. The van der Waals surface area contributed by atoms with E-state index in [0.29, 0.717) is 16.9 Å². The highest BCUT2D eigenvalue weighted by Gasteiger charge is 2.12. The number of rotatable bonds is 5. The average Bonchev–Trinajstić information content (AvgIpc) is 2.25. The smallest absolute Gasteiger partial charge is 0.130 e. The van der Waals surface area contributed by atoms with Gasteiger partial charge in [-0.2, -0.15) is 0 Å². The first-order valence-electron chi connectivity index (χ1n) is 5.27. The Bertz CT molecular complexity index is 350. The molecule has 0 saturated carbocycles. The summed E-state index contributed by atoms with van der Waals surface area (Å²) >= 11 is 0. The molecule has 0 bridgehead atoms. The summed E-state index contributed by atoms with van der Waals surface area (Å²) in [6.07, 6.45) is 0. The molecule has 1 aromatic carbocycles. The molecule has 2 N–H and O–H groups in total. The van der Waals surface area contributed by atoms with Crippen molar-refractivity contribution in [2.24, 2.45) is 0 Å². The van der Waals surface area contributed by atoms with Gasteiger partial charge in [-0.3, -0.25) is 0 Å². The largest absolute Gasteiger partial charge is 0.491 e. The Hall–Kier alpha value is -1.13. The molecule has 0 aliphatic rings. The van der Waals surface area contributed by atoms with E-state index >= 15 is 0 Å². The molecule has 0 spiro atoms. The van der Waals surface area contributed by atoms with E-state index in [1.165, 1.54) is 6.07 Å². The normalized spacial score (nSPS) is 10.9. The number of benzene rings is 1. The number of aliphatic hydroxyl groups excluding tert-OH is 2. The lowest BCUT2D eigenvalue weighted by Crippen LogP contribution is -2.06. The Morgan fingerprint density at radius 2 is 2.00 bits per heavy atom. The van der Waals surface area contributed by atoms with Crippen LogP contribution < -0.4 is 4.74 Å². The highest BCUT2D eigenvalue weighted by Crippen LogP contribution is 2.27. The van der Waals surface area contributed by atoms with Crippen molar-refractivity contribution in [1.82, 2.24) is 0 Å². The monoisotopic (exact) mass is 228 g/mol. The Labute approximate surface area is 94.5 Å². The summed E-state index contributed by atoms with van der Waals surface area (Å²) in [6, 6.07) is 2.86. The Morgan fingerprint density at radius 3 is 2.50 bits per heavy atom. The van der Waals surface area contributed by atoms with Crippen molar-refractivity contribution in [2.75, 3.05) is 13.2 Å². The number of aliphatic hydroxyl groups is 2. The van der Waals surface area contributed by atoms with Crippen molar-refractivity contribution < 1.29 is 19.3 Å². The second kappa shape index (κ2) is 5.82. The van der Waals surface area contributed by atoms with Crippen LogP contribution in [0.15, 0.2) is 12.1 Å². The molecule has 90 valence electrons. The third kappa shape index (κ3) is 2.93. The molecule has 0 amide bonds. The Morgan fingerprint density at radius 1 is 1.31 bits per heavy atom. The van der Waals surface area contributed by atoms with Crippen LogP contribution in [-0.2, 0) is 6.61 Å². The molecule has 4 heteroatoms. The van der Waals surface area contributed by atoms with Crippen molar-refractivity contribution in [1.29, 1.82) is 0 Å². The van der Waals surface area contributed by atoms with Gasteiger partial charge < -0.3 is 14.9 Å². The summed E-state index contributed by atoms with van der Waals surface area (Å²) in [5.41, 5.74) is 1.10. The zero-order valence-electron chi connectivity index (χ0n) is 9.53. The van der Waals surface area contributed by atoms with Crippen molar-refractivity contribution in [3.63, 3.8) is 0 Å². The fourth-order valence-electron chi connectivity index (χ4n) is 1.47. The van der Waals surface area contributed by atoms with Crippen LogP contribution in [0.1, 0.15) is 30.9 Å². The van der Waals surface area contributed by atoms with Gasteiger partial charge in [0.1, 0.15) is 18.2 Å². The van der Waals surface area contributed by atoms with E-state index in [4.69, 9.17) is 14.9 Å². The maximum Gasteiger partial charge on any atom is 0.130 e. The van der Waals surface area contributed by atoms with E-state index in [1.807, 2.05) is 13.8 Å². The summed E-state index contributed by atoms with van der Waals surface area (Å²) in [5.74, 6) is -0.00391. The lowest BCUT2D eigenvalue weighted by molar-refractivity contribution is 0.195. The highest BCUT2D eigenvalue weighted by molar-refractivity contribution is 5.39. The molecule has 0 aliphatic carbocycles. The second-order valence-electron chi connectivity index (χ2n) is 3.87. The summed E-state index contributed by atoms with van der Waals surface area (Å²) in [6.45, 7) is 3.51. The maximum absolute atomic E-state index is 13.6.